The van der Waals surface area contributed by atoms with Crippen molar-refractivity contribution in [2.24, 2.45) is 0 Å². The number of anilines is 1. The average molecular weight is 345 g/mol. The van der Waals surface area contributed by atoms with Crippen LogP contribution in [0.3, 0.4) is 0 Å². The van der Waals surface area contributed by atoms with E-state index < -0.39 is 0 Å². The van der Waals surface area contributed by atoms with Crippen molar-refractivity contribution in [2.75, 3.05) is 18.5 Å². The zero-order valence-corrected chi connectivity index (χ0v) is 12.3. The third-order valence-electron chi connectivity index (χ3n) is 2.41. The number of halogens is 3. The fourth-order valence-electron chi connectivity index (χ4n) is 1.54. The third kappa shape index (κ3) is 4.40. The van der Waals surface area contributed by atoms with Gasteiger partial charge in [-0.05, 0) is 46.3 Å². The summed E-state index contributed by atoms with van der Waals surface area (Å²) in [5, 5.41) is 3.85. The predicted octanol–water partition coefficient (Wildman–Crippen LogP) is 4.73. The second-order valence-electron chi connectivity index (χ2n) is 3.86. The van der Waals surface area contributed by atoms with Crippen molar-refractivity contribution in [3.8, 4) is 5.75 Å². The Kier molecular flexibility index (Phi) is 5.05. The lowest BCUT2D eigenvalue weighted by Crippen LogP contribution is -2.11. The average Bonchev–Trinajstić information content (AvgIpc) is 2.39. The third-order valence-corrected chi connectivity index (χ3v) is 3.30. The summed E-state index contributed by atoms with van der Waals surface area (Å²) in [5.74, 6) is 0.175. The zero-order chi connectivity index (χ0) is 13.7. The maximum absolute atomic E-state index is 13.0. The molecule has 0 saturated carbocycles. The summed E-state index contributed by atoms with van der Waals surface area (Å²) in [6.45, 7) is 1.03. The minimum atomic E-state index is -0.319. The molecule has 2 nitrogen and oxygen atoms in total. The molecule has 0 aliphatic carbocycles. The van der Waals surface area contributed by atoms with Gasteiger partial charge in [0.25, 0.3) is 0 Å². The molecule has 0 heterocycles. The van der Waals surface area contributed by atoms with Gasteiger partial charge in [-0.25, -0.2) is 4.39 Å². The van der Waals surface area contributed by atoms with Crippen molar-refractivity contribution in [2.45, 2.75) is 0 Å². The Bertz CT molecular complexity index is 565. The van der Waals surface area contributed by atoms with Crippen LogP contribution in [0.2, 0.25) is 5.02 Å². The maximum Gasteiger partial charge on any atom is 0.136 e. The van der Waals surface area contributed by atoms with Gasteiger partial charge in [-0.15, -0.1) is 0 Å². The molecule has 0 aliphatic heterocycles. The van der Waals surface area contributed by atoms with Crippen LogP contribution in [0.15, 0.2) is 46.9 Å². The van der Waals surface area contributed by atoms with Crippen LogP contribution in [0.5, 0.6) is 5.75 Å². The van der Waals surface area contributed by atoms with Crippen LogP contribution in [-0.2, 0) is 0 Å². The van der Waals surface area contributed by atoms with Crippen molar-refractivity contribution >= 4 is 33.2 Å². The number of ether oxygens (including phenoxy) is 1. The second-order valence-corrected chi connectivity index (χ2v) is 5.15. The Hall–Kier alpha value is -1.26. The topological polar surface area (TPSA) is 21.3 Å². The largest absolute Gasteiger partial charge is 0.490 e. The van der Waals surface area contributed by atoms with Crippen LogP contribution in [0.4, 0.5) is 10.1 Å². The van der Waals surface area contributed by atoms with E-state index >= 15 is 0 Å². The number of benzene rings is 2. The lowest BCUT2D eigenvalue weighted by molar-refractivity contribution is 0.329. The molecule has 0 aliphatic rings. The fourth-order valence-corrected chi connectivity index (χ4v) is 2.09. The molecule has 100 valence electrons. The van der Waals surface area contributed by atoms with Gasteiger partial charge in [0.05, 0.1) is 4.47 Å². The normalized spacial score (nSPS) is 10.3. The van der Waals surface area contributed by atoms with E-state index in [0.29, 0.717) is 23.9 Å². The van der Waals surface area contributed by atoms with Gasteiger partial charge < -0.3 is 10.1 Å². The van der Waals surface area contributed by atoms with Crippen molar-refractivity contribution in [1.29, 1.82) is 0 Å². The molecule has 1 N–H and O–H groups in total. The molecule has 2 aromatic carbocycles. The Morgan fingerprint density at radius 1 is 1.21 bits per heavy atom. The van der Waals surface area contributed by atoms with E-state index in [9.17, 15) is 4.39 Å². The molecule has 5 heteroatoms. The molecule has 0 unspecified atom stereocenters. The Morgan fingerprint density at radius 3 is 2.84 bits per heavy atom. The molecule has 0 fully saturated rings. The van der Waals surface area contributed by atoms with E-state index in [2.05, 4.69) is 21.2 Å². The summed E-state index contributed by atoms with van der Waals surface area (Å²) < 4.78 is 19.3. The summed E-state index contributed by atoms with van der Waals surface area (Å²) in [4.78, 5) is 0. The lowest BCUT2D eigenvalue weighted by atomic mass is 10.3. The molecule has 0 amide bonds. The molecular weight excluding hydrogens is 333 g/mol. The van der Waals surface area contributed by atoms with Gasteiger partial charge >= 0.3 is 0 Å². The minimum absolute atomic E-state index is 0.319. The van der Waals surface area contributed by atoms with Gasteiger partial charge in [-0.1, -0.05) is 17.7 Å². The maximum atomic E-state index is 13.0. The molecule has 19 heavy (non-hydrogen) atoms. The SMILES string of the molecule is Fc1ccc(Br)c(OCCNc2cccc(Cl)c2)c1. The van der Waals surface area contributed by atoms with Crippen molar-refractivity contribution in [3.63, 3.8) is 0 Å². The van der Waals surface area contributed by atoms with Crippen LogP contribution in [0.25, 0.3) is 0 Å². The van der Waals surface area contributed by atoms with Gasteiger partial charge in [0.15, 0.2) is 0 Å². The fraction of sp³-hybridized carbons (Fsp3) is 0.143. The summed E-state index contributed by atoms with van der Waals surface area (Å²) in [5.41, 5.74) is 0.925. The highest BCUT2D eigenvalue weighted by molar-refractivity contribution is 9.10. The highest BCUT2D eigenvalue weighted by atomic mass is 79.9. The van der Waals surface area contributed by atoms with E-state index in [0.717, 1.165) is 10.2 Å². The Labute approximate surface area is 124 Å². The van der Waals surface area contributed by atoms with Gasteiger partial charge in [0.1, 0.15) is 18.2 Å². The van der Waals surface area contributed by atoms with E-state index in [1.54, 1.807) is 6.07 Å². The highest BCUT2D eigenvalue weighted by Gasteiger charge is 2.02. The first-order valence-corrected chi connectivity index (χ1v) is 6.89. The first-order chi connectivity index (χ1) is 9.15. The monoisotopic (exact) mass is 343 g/mol. The molecule has 0 spiro atoms. The van der Waals surface area contributed by atoms with E-state index in [-0.39, 0.29) is 5.82 Å². The molecule has 0 atom stereocenters. The first kappa shape index (κ1) is 14.2. The van der Waals surface area contributed by atoms with Crippen molar-refractivity contribution in [1.82, 2.24) is 0 Å². The van der Waals surface area contributed by atoms with Crippen molar-refractivity contribution in [3.05, 3.63) is 57.8 Å². The van der Waals surface area contributed by atoms with Crippen LogP contribution >= 0.6 is 27.5 Å². The zero-order valence-electron chi connectivity index (χ0n) is 10.00. The quantitative estimate of drug-likeness (QED) is 0.792. The second kappa shape index (κ2) is 6.78. The lowest BCUT2D eigenvalue weighted by Gasteiger charge is -2.10. The number of hydrogen-bond donors (Lipinski definition) is 1. The molecule has 2 rings (SSSR count). The van der Waals surface area contributed by atoms with Crippen LogP contribution < -0.4 is 10.1 Å². The molecule has 0 saturated heterocycles. The summed E-state index contributed by atoms with van der Waals surface area (Å²) >= 11 is 9.18. The molecule has 0 aromatic heterocycles. The number of rotatable bonds is 5. The van der Waals surface area contributed by atoms with Gasteiger partial charge in [0, 0.05) is 23.3 Å². The Morgan fingerprint density at radius 2 is 2.05 bits per heavy atom. The standard InChI is InChI=1S/C14H12BrClFNO/c15-13-5-4-11(17)9-14(13)19-7-6-18-12-3-1-2-10(16)8-12/h1-5,8-9,18H,6-7H2. The molecule has 0 bridgehead atoms. The molecule has 0 radical (unpaired) electrons. The van der Waals surface area contributed by atoms with Crippen LogP contribution in [-0.4, -0.2) is 13.2 Å². The van der Waals surface area contributed by atoms with Crippen LogP contribution in [0.1, 0.15) is 0 Å². The van der Waals surface area contributed by atoms with Gasteiger partial charge in [0.2, 0.25) is 0 Å². The van der Waals surface area contributed by atoms with E-state index in [1.807, 2.05) is 24.3 Å². The number of hydrogen-bond acceptors (Lipinski definition) is 2. The van der Waals surface area contributed by atoms with Crippen LogP contribution in [0, 0.1) is 5.82 Å². The minimum Gasteiger partial charge on any atom is -0.490 e. The number of nitrogens with one attached hydrogen (secondary N) is 1. The first-order valence-electron chi connectivity index (χ1n) is 5.72. The smallest absolute Gasteiger partial charge is 0.136 e. The summed E-state index contributed by atoms with van der Waals surface area (Å²) in [7, 11) is 0. The van der Waals surface area contributed by atoms with E-state index in [1.165, 1.54) is 12.1 Å². The summed E-state index contributed by atoms with van der Waals surface area (Å²) in [6.07, 6.45) is 0. The highest BCUT2D eigenvalue weighted by Crippen LogP contribution is 2.25. The van der Waals surface area contributed by atoms with Gasteiger partial charge in [-0.3, -0.25) is 0 Å². The molecular formula is C14H12BrClFNO. The van der Waals surface area contributed by atoms with E-state index in [4.69, 9.17) is 16.3 Å². The predicted molar refractivity (Wildman–Crippen MR) is 79.5 cm³/mol. The van der Waals surface area contributed by atoms with Gasteiger partial charge in [-0.2, -0.15) is 0 Å². The summed E-state index contributed by atoms with van der Waals surface area (Å²) in [6, 6.07) is 11.8. The Balaban J connectivity index is 1.82. The molecule has 2 aromatic rings. The van der Waals surface area contributed by atoms with Crippen molar-refractivity contribution < 1.29 is 9.13 Å².